The zero-order valence-electron chi connectivity index (χ0n) is 15.5. The van der Waals surface area contributed by atoms with Gasteiger partial charge in [-0.25, -0.2) is 4.79 Å². The van der Waals surface area contributed by atoms with Crippen molar-refractivity contribution < 1.29 is 14.1 Å². The molecule has 1 unspecified atom stereocenters. The van der Waals surface area contributed by atoms with E-state index in [4.69, 9.17) is 9.26 Å². The second-order valence-corrected chi connectivity index (χ2v) is 7.38. The van der Waals surface area contributed by atoms with Crippen LogP contribution in [0.25, 0.3) is 0 Å². The maximum Gasteiger partial charge on any atom is 0.317 e. The summed E-state index contributed by atoms with van der Waals surface area (Å²) in [5.74, 6) is 2.20. The van der Waals surface area contributed by atoms with Crippen molar-refractivity contribution in [1.82, 2.24) is 20.4 Å². The lowest BCUT2D eigenvalue weighted by Gasteiger charge is -2.18. The number of carbonyl (C=O) groups is 1. The molecule has 0 saturated carbocycles. The molecule has 27 heavy (non-hydrogen) atoms. The molecule has 7 nitrogen and oxygen atoms in total. The Bertz CT molecular complexity index is 743. The number of ether oxygens (including phenoxy) is 1. The highest BCUT2D eigenvalue weighted by Gasteiger charge is 2.28. The Kier molecular flexibility index (Phi) is 5.67. The third kappa shape index (κ3) is 4.66. The summed E-state index contributed by atoms with van der Waals surface area (Å²) in [6.45, 7) is 3.59. The maximum atomic E-state index is 12.4. The Balaban J connectivity index is 1.24. The first kappa shape index (κ1) is 18.0. The summed E-state index contributed by atoms with van der Waals surface area (Å²) >= 11 is 0. The molecule has 4 rings (SSSR count). The second kappa shape index (κ2) is 8.52. The van der Waals surface area contributed by atoms with Crippen molar-refractivity contribution in [3.63, 3.8) is 0 Å². The Morgan fingerprint density at radius 2 is 2.00 bits per heavy atom. The molecule has 2 saturated heterocycles. The minimum Gasteiger partial charge on any atom is -0.381 e. The lowest BCUT2D eigenvalue weighted by Crippen LogP contribution is -2.38. The van der Waals surface area contributed by atoms with Crippen LogP contribution in [-0.4, -0.2) is 47.4 Å². The third-order valence-electron chi connectivity index (χ3n) is 5.39. The van der Waals surface area contributed by atoms with E-state index in [-0.39, 0.29) is 6.03 Å². The van der Waals surface area contributed by atoms with E-state index >= 15 is 0 Å². The Morgan fingerprint density at radius 1 is 1.19 bits per heavy atom. The summed E-state index contributed by atoms with van der Waals surface area (Å²) in [6, 6.07) is 9.96. The number of urea groups is 1. The second-order valence-electron chi connectivity index (χ2n) is 7.38. The minimum atomic E-state index is -0.00244. The van der Waals surface area contributed by atoms with Crippen LogP contribution >= 0.6 is 0 Å². The van der Waals surface area contributed by atoms with E-state index in [1.54, 1.807) is 0 Å². The molecule has 1 atom stereocenters. The predicted octanol–water partition coefficient (Wildman–Crippen LogP) is 2.74. The summed E-state index contributed by atoms with van der Waals surface area (Å²) < 4.78 is 10.9. The molecule has 7 heteroatoms. The first-order valence-corrected chi connectivity index (χ1v) is 9.75. The third-order valence-corrected chi connectivity index (χ3v) is 5.39. The van der Waals surface area contributed by atoms with E-state index < -0.39 is 0 Å². The van der Waals surface area contributed by atoms with Gasteiger partial charge in [0.1, 0.15) is 0 Å². The van der Waals surface area contributed by atoms with Crippen molar-refractivity contribution in [2.75, 3.05) is 26.3 Å². The largest absolute Gasteiger partial charge is 0.381 e. The molecular formula is C20H26N4O3. The van der Waals surface area contributed by atoms with Crippen LogP contribution in [0.4, 0.5) is 4.79 Å². The molecule has 0 radical (unpaired) electrons. The lowest BCUT2D eigenvalue weighted by molar-refractivity contribution is 0.0778. The van der Waals surface area contributed by atoms with Crippen LogP contribution in [0.3, 0.4) is 0 Å². The van der Waals surface area contributed by atoms with Crippen LogP contribution < -0.4 is 5.32 Å². The number of hydrogen-bond acceptors (Lipinski definition) is 5. The summed E-state index contributed by atoms with van der Waals surface area (Å²) in [5.41, 5.74) is 1.11. The van der Waals surface area contributed by atoms with Crippen molar-refractivity contribution in [1.29, 1.82) is 0 Å². The summed E-state index contributed by atoms with van der Waals surface area (Å²) in [5, 5.41) is 7.15. The number of rotatable bonds is 5. The van der Waals surface area contributed by atoms with Crippen LogP contribution in [0, 0.1) is 5.92 Å². The Labute approximate surface area is 159 Å². The number of nitrogens with one attached hydrogen (secondary N) is 1. The van der Waals surface area contributed by atoms with Gasteiger partial charge in [-0.2, -0.15) is 4.98 Å². The van der Waals surface area contributed by atoms with Crippen LogP contribution in [0.5, 0.6) is 0 Å². The predicted molar refractivity (Wildman–Crippen MR) is 99.2 cm³/mol. The van der Waals surface area contributed by atoms with Gasteiger partial charge in [0.05, 0.1) is 0 Å². The van der Waals surface area contributed by atoms with E-state index in [2.05, 4.69) is 15.5 Å². The number of amides is 2. The molecule has 1 aromatic carbocycles. The van der Waals surface area contributed by atoms with Gasteiger partial charge >= 0.3 is 6.03 Å². The highest BCUT2D eigenvalue weighted by Crippen LogP contribution is 2.26. The summed E-state index contributed by atoms with van der Waals surface area (Å²) in [6.07, 6.45) is 3.62. The lowest BCUT2D eigenvalue weighted by atomic mass is 10.0. The smallest absolute Gasteiger partial charge is 0.317 e. The van der Waals surface area contributed by atoms with Crippen LogP contribution in [0.15, 0.2) is 34.9 Å². The van der Waals surface area contributed by atoms with Gasteiger partial charge in [-0.05, 0) is 30.7 Å². The number of likely N-dealkylation sites (tertiary alicyclic amines) is 1. The molecule has 0 bridgehead atoms. The van der Waals surface area contributed by atoms with Gasteiger partial charge in [-0.3, -0.25) is 0 Å². The van der Waals surface area contributed by atoms with Crippen molar-refractivity contribution in [3.8, 4) is 0 Å². The fraction of sp³-hybridized carbons (Fsp3) is 0.550. The Morgan fingerprint density at radius 3 is 2.81 bits per heavy atom. The molecule has 3 heterocycles. The van der Waals surface area contributed by atoms with Gasteiger partial charge in [0.25, 0.3) is 0 Å². The van der Waals surface area contributed by atoms with Crippen LogP contribution in [0.1, 0.15) is 42.5 Å². The first-order chi connectivity index (χ1) is 13.3. The average molecular weight is 370 g/mol. The standard InChI is InChI=1S/C20H26N4O3/c25-20(21-13-15-4-2-1-3-5-15)24-9-6-16(14-24)12-18-22-19(27-23-18)17-7-10-26-11-8-17/h1-5,16-17H,6-14H2,(H,21,25). The number of nitrogens with zero attached hydrogens (tertiary/aromatic N) is 3. The van der Waals surface area contributed by atoms with Crippen LogP contribution in [-0.2, 0) is 17.7 Å². The van der Waals surface area contributed by atoms with E-state index in [0.717, 1.165) is 69.3 Å². The highest BCUT2D eigenvalue weighted by molar-refractivity contribution is 5.74. The number of hydrogen-bond donors (Lipinski definition) is 1. The molecule has 2 amide bonds. The fourth-order valence-corrected chi connectivity index (χ4v) is 3.79. The SMILES string of the molecule is O=C(NCc1ccccc1)N1CCC(Cc2noc(C3CCOCC3)n2)C1. The first-order valence-electron chi connectivity index (χ1n) is 9.75. The molecule has 2 aliphatic heterocycles. The minimum absolute atomic E-state index is 0.00244. The zero-order valence-corrected chi connectivity index (χ0v) is 15.5. The van der Waals surface area contributed by atoms with Crippen molar-refractivity contribution in [2.24, 2.45) is 5.92 Å². The van der Waals surface area contributed by atoms with Gasteiger partial charge in [-0.15, -0.1) is 0 Å². The van der Waals surface area contributed by atoms with Crippen molar-refractivity contribution in [3.05, 3.63) is 47.6 Å². The zero-order chi connectivity index (χ0) is 18.5. The summed E-state index contributed by atoms with van der Waals surface area (Å²) in [4.78, 5) is 18.9. The molecule has 2 fully saturated rings. The number of carbonyl (C=O) groups excluding carboxylic acids is 1. The maximum absolute atomic E-state index is 12.4. The summed E-state index contributed by atoms with van der Waals surface area (Å²) in [7, 11) is 0. The van der Waals surface area contributed by atoms with E-state index in [0.29, 0.717) is 18.4 Å². The molecule has 2 aliphatic rings. The fourth-order valence-electron chi connectivity index (χ4n) is 3.79. The topological polar surface area (TPSA) is 80.5 Å². The van der Waals surface area contributed by atoms with Gasteiger partial charge in [0, 0.05) is 45.2 Å². The van der Waals surface area contributed by atoms with Crippen molar-refractivity contribution >= 4 is 6.03 Å². The monoisotopic (exact) mass is 370 g/mol. The van der Waals surface area contributed by atoms with Crippen LogP contribution in [0.2, 0.25) is 0 Å². The Hall–Kier alpha value is -2.41. The molecule has 0 spiro atoms. The highest BCUT2D eigenvalue weighted by atomic mass is 16.5. The van der Waals surface area contributed by atoms with E-state index in [1.165, 1.54) is 0 Å². The average Bonchev–Trinajstić information content (AvgIpc) is 3.38. The van der Waals surface area contributed by atoms with Gasteiger partial charge in [-0.1, -0.05) is 35.5 Å². The molecule has 1 aromatic heterocycles. The number of benzene rings is 1. The molecular weight excluding hydrogens is 344 g/mol. The number of aromatic nitrogens is 2. The molecule has 1 N–H and O–H groups in total. The van der Waals surface area contributed by atoms with Gasteiger partial charge in [0.15, 0.2) is 5.82 Å². The van der Waals surface area contributed by atoms with Gasteiger partial charge < -0.3 is 19.5 Å². The normalized spacial score (nSPS) is 20.7. The molecule has 0 aliphatic carbocycles. The van der Waals surface area contributed by atoms with E-state index in [1.807, 2.05) is 35.2 Å². The van der Waals surface area contributed by atoms with Crippen molar-refractivity contribution in [2.45, 2.75) is 38.1 Å². The molecule has 144 valence electrons. The quantitative estimate of drug-likeness (QED) is 0.875. The van der Waals surface area contributed by atoms with E-state index in [9.17, 15) is 4.79 Å². The van der Waals surface area contributed by atoms with Gasteiger partial charge in [0.2, 0.25) is 5.89 Å². The molecule has 2 aromatic rings.